The predicted octanol–water partition coefficient (Wildman–Crippen LogP) is 2.46. The van der Waals surface area contributed by atoms with Crippen LogP contribution in [0.3, 0.4) is 0 Å². The molecule has 1 saturated carbocycles. The third-order valence-electron chi connectivity index (χ3n) is 3.38. The lowest BCUT2D eigenvalue weighted by Gasteiger charge is -2.22. The summed E-state index contributed by atoms with van der Waals surface area (Å²) >= 11 is 0. The van der Waals surface area contributed by atoms with E-state index in [1.54, 1.807) is 0 Å². The molecule has 0 aliphatic heterocycles. The standard InChI is InChI=1S/C14H28N2O/c1-14(2,3)16-11-13(17)15-10-9-12-7-5-4-6-8-12/h12,16H,4-11H2,1-3H3,(H,15,17). The number of hydrogen-bond acceptors (Lipinski definition) is 2. The fraction of sp³-hybridized carbons (Fsp3) is 0.929. The Morgan fingerprint density at radius 3 is 2.41 bits per heavy atom. The monoisotopic (exact) mass is 240 g/mol. The molecule has 3 heteroatoms. The molecule has 100 valence electrons. The average Bonchev–Trinajstić information content (AvgIpc) is 2.27. The van der Waals surface area contributed by atoms with Crippen LogP contribution in [0.4, 0.5) is 0 Å². The van der Waals surface area contributed by atoms with Gasteiger partial charge in [0.1, 0.15) is 0 Å². The number of nitrogens with one attached hydrogen (secondary N) is 2. The minimum absolute atomic E-state index is 0.0146. The third-order valence-corrected chi connectivity index (χ3v) is 3.38. The summed E-state index contributed by atoms with van der Waals surface area (Å²) < 4.78 is 0. The molecule has 1 aliphatic rings. The molecule has 1 amide bonds. The van der Waals surface area contributed by atoms with E-state index in [9.17, 15) is 4.79 Å². The molecule has 0 aromatic rings. The van der Waals surface area contributed by atoms with Crippen molar-refractivity contribution in [2.24, 2.45) is 5.92 Å². The molecule has 2 N–H and O–H groups in total. The van der Waals surface area contributed by atoms with Crippen LogP contribution >= 0.6 is 0 Å². The van der Waals surface area contributed by atoms with Gasteiger partial charge in [-0.15, -0.1) is 0 Å². The highest BCUT2D eigenvalue weighted by atomic mass is 16.1. The van der Waals surface area contributed by atoms with Crippen molar-refractivity contribution in [1.82, 2.24) is 10.6 Å². The van der Waals surface area contributed by atoms with Gasteiger partial charge >= 0.3 is 0 Å². The van der Waals surface area contributed by atoms with Crippen LogP contribution in [-0.4, -0.2) is 24.5 Å². The Kier molecular flexibility index (Phi) is 5.96. The van der Waals surface area contributed by atoms with E-state index in [-0.39, 0.29) is 11.4 Å². The van der Waals surface area contributed by atoms with Crippen LogP contribution in [0.5, 0.6) is 0 Å². The summed E-state index contributed by atoms with van der Waals surface area (Å²) in [7, 11) is 0. The largest absolute Gasteiger partial charge is 0.355 e. The number of rotatable bonds is 5. The normalized spacial score (nSPS) is 18.1. The summed E-state index contributed by atoms with van der Waals surface area (Å²) in [5.41, 5.74) is 0.0146. The Balaban J connectivity index is 2.03. The maximum absolute atomic E-state index is 11.6. The van der Waals surface area contributed by atoms with E-state index >= 15 is 0 Å². The van der Waals surface area contributed by atoms with Crippen molar-refractivity contribution in [2.45, 2.75) is 64.8 Å². The number of carbonyl (C=O) groups is 1. The zero-order valence-corrected chi connectivity index (χ0v) is 11.6. The average molecular weight is 240 g/mol. The maximum Gasteiger partial charge on any atom is 0.233 e. The molecule has 0 atom stereocenters. The lowest BCUT2D eigenvalue weighted by atomic mass is 9.87. The SMILES string of the molecule is CC(C)(C)NCC(=O)NCCC1CCCCC1. The molecule has 3 nitrogen and oxygen atoms in total. The molecule has 0 radical (unpaired) electrons. The Hall–Kier alpha value is -0.570. The molecule has 0 saturated heterocycles. The van der Waals surface area contributed by atoms with Gasteiger partial charge in [0.05, 0.1) is 6.54 Å². The highest BCUT2D eigenvalue weighted by molar-refractivity contribution is 5.78. The first-order valence-corrected chi connectivity index (χ1v) is 6.99. The second kappa shape index (κ2) is 7.00. The van der Waals surface area contributed by atoms with Gasteiger partial charge in [0, 0.05) is 12.1 Å². The van der Waals surface area contributed by atoms with Crippen LogP contribution in [0.25, 0.3) is 0 Å². The quantitative estimate of drug-likeness (QED) is 0.775. The van der Waals surface area contributed by atoms with Gasteiger partial charge in [-0.25, -0.2) is 0 Å². The molecule has 0 heterocycles. The summed E-state index contributed by atoms with van der Waals surface area (Å²) in [6.45, 7) is 7.48. The lowest BCUT2D eigenvalue weighted by molar-refractivity contribution is -0.120. The molecule has 1 rings (SSSR count). The van der Waals surface area contributed by atoms with Crippen molar-refractivity contribution in [3.05, 3.63) is 0 Å². The van der Waals surface area contributed by atoms with Gasteiger partial charge in [-0.2, -0.15) is 0 Å². The van der Waals surface area contributed by atoms with Crippen molar-refractivity contribution >= 4 is 5.91 Å². The second-order valence-corrected chi connectivity index (χ2v) is 6.25. The van der Waals surface area contributed by atoms with E-state index in [0.717, 1.165) is 18.9 Å². The van der Waals surface area contributed by atoms with E-state index in [0.29, 0.717) is 6.54 Å². The van der Waals surface area contributed by atoms with Gasteiger partial charge in [0.2, 0.25) is 5.91 Å². The number of carbonyl (C=O) groups excluding carboxylic acids is 1. The highest BCUT2D eigenvalue weighted by Gasteiger charge is 2.14. The highest BCUT2D eigenvalue weighted by Crippen LogP contribution is 2.25. The molecule has 0 bridgehead atoms. The van der Waals surface area contributed by atoms with Crippen molar-refractivity contribution in [3.8, 4) is 0 Å². The molecular formula is C14H28N2O. The van der Waals surface area contributed by atoms with Gasteiger partial charge in [-0.3, -0.25) is 4.79 Å². The summed E-state index contributed by atoms with van der Waals surface area (Å²) in [6, 6.07) is 0. The Labute approximate surface area is 106 Å². The summed E-state index contributed by atoms with van der Waals surface area (Å²) in [5, 5.41) is 6.20. The van der Waals surface area contributed by atoms with Crippen LogP contribution in [0.2, 0.25) is 0 Å². The van der Waals surface area contributed by atoms with Gasteiger partial charge in [-0.1, -0.05) is 32.1 Å². The fourth-order valence-corrected chi connectivity index (χ4v) is 2.30. The molecule has 17 heavy (non-hydrogen) atoms. The molecule has 0 spiro atoms. The third kappa shape index (κ3) is 7.37. The Morgan fingerprint density at radius 2 is 1.82 bits per heavy atom. The van der Waals surface area contributed by atoms with E-state index in [1.165, 1.54) is 32.1 Å². The molecular weight excluding hydrogens is 212 g/mol. The van der Waals surface area contributed by atoms with Crippen LogP contribution in [0, 0.1) is 5.92 Å². The minimum Gasteiger partial charge on any atom is -0.355 e. The van der Waals surface area contributed by atoms with Crippen molar-refractivity contribution in [3.63, 3.8) is 0 Å². The van der Waals surface area contributed by atoms with Crippen molar-refractivity contribution in [2.75, 3.05) is 13.1 Å². The van der Waals surface area contributed by atoms with Crippen LogP contribution in [-0.2, 0) is 4.79 Å². The minimum atomic E-state index is 0.0146. The van der Waals surface area contributed by atoms with Crippen LogP contribution in [0.15, 0.2) is 0 Å². The number of hydrogen-bond donors (Lipinski definition) is 2. The first kappa shape index (κ1) is 14.5. The van der Waals surface area contributed by atoms with E-state index in [2.05, 4.69) is 31.4 Å². The first-order valence-electron chi connectivity index (χ1n) is 6.99. The number of amides is 1. The molecule has 1 fully saturated rings. The zero-order chi connectivity index (χ0) is 12.7. The van der Waals surface area contributed by atoms with Gasteiger partial charge in [-0.05, 0) is 33.1 Å². The first-order chi connectivity index (χ1) is 7.97. The van der Waals surface area contributed by atoms with E-state index < -0.39 is 0 Å². The van der Waals surface area contributed by atoms with Crippen molar-refractivity contribution in [1.29, 1.82) is 0 Å². The van der Waals surface area contributed by atoms with E-state index in [4.69, 9.17) is 0 Å². The van der Waals surface area contributed by atoms with E-state index in [1.807, 2.05) is 0 Å². The lowest BCUT2D eigenvalue weighted by Crippen LogP contribution is -2.43. The van der Waals surface area contributed by atoms with Crippen LogP contribution in [0.1, 0.15) is 59.3 Å². The Bertz CT molecular complexity index is 227. The molecule has 1 aliphatic carbocycles. The fourth-order valence-electron chi connectivity index (χ4n) is 2.30. The topological polar surface area (TPSA) is 41.1 Å². The zero-order valence-electron chi connectivity index (χ0n) is 11.6. The van der Waals surface area contributed by atoms with Crippen LogP contribution < -0.4 is 10.6 Å². The van der Waals surface area contributed by atoms with Crippen molar-refractivity contribution < 1.29 is 4.79 Å². The second-order valence-electron chi connectivity index (χ2n) is 6.25. The molecule has 0 unspecified atom stereocenters. The predicted molar refractivity (Wildman–Crippen MR) is 72.0 cm³/mol. The van der Waals surface area contributed by atoms with Gasteiger partial charge in [0.25, 0.3) is 0 Å². The summed E-state index contributed by atoms with van der Waals surface area (Å²) in [6.07, 6.45) is 8.03. The summed E-state index contributed by atoms with van der Waals surface area (Å²) in [4.78, 5) is 11.6. The summed E-state index contributed by atoms with van der Waals surface area (Å²) in [5.74, 6) is 0.968. The molecule has 0 aromatic carbocycles. The van der Waals surface area contributed by atoms with Gasteiger partial charge in [0.15, 0.2) is 0 Å². The molecule has 0 aromatic heterocycles. The van der Waals surface area contributed by atoms with Gasteiger partial charge < -0.3 is 10.6 Å². The maximum atomic E-state index is 11.6. The smallest absolute Gasteiger partial charge is 0.233 e. The Morgan fingerprint density at radius 1 is 1.18 bits per heavy atom.